The molecular weight excluding hydrogens is 132 g/mol. The number of Topliss-reactive ketones (excluding diaryl/α,β-unsaturated/α-hetero) is 1. The SMILES string of the molecule is CC(=O)Cc1c[c]sc1. The Hall–Kier alpha value is -0.630. The molecule has 0 aliphatic heterocycles. The Labute approximate surface area is 58.3 Å². The van der Waals surface area contributed by atoms with Crippen molar-refractivity contribution in [2.75, 3.05) is 0 Å². The van der Waals surface area contributed by atoms with E-state index < -0.39 is 0 Å². The van der Waals surface area contributed by atoms with Gasteiger partial charge in [-0.2, -0.15) is 0 Å². The third-order valence-corrected chi connectivity index (χ3v) is 1.65. The van der Waals surface area contributed by atoms with Crippen molar-refractivity contribution in [3.05, 3.63) is 22.4 Å². The van der Waals surface area contributed by atoms with Gasteiger partial charge in [-0.05, 0) is 23.9 Å². The molecule has 47 valence electrons. The zero-order valence-corrected chi connectivity index (χ0v) is 5.99. The lowest BCUT2D eigenvalue weighted by atomic mass is 10.2. The average Bonchev–Trinajstić information content (AvgIpc) is 2.15. The van der Waals surface area contributed by atoms with Gasteiger partial charge in [0.05, 0.1) is 0 Å². The summed E-state index contributed by atoms with van der Waals surface area (Å²) in [7, 11) is 0. The van der Waals surface area contributed by atoms with Gasteiger partial charge in [0, 0.05) is 11.8 Å². The van der Waals surface area contributed by atoms with E-state index in [1.165, 1.54) is 11.3 Å². The molecule has 0 spiro atoms. The highest BCUT2D eigenvalue weighted by Gasteiger charge is 1.95. The highest BCUT2D eigenvalue weighted by Crippen LogP contribution is 2.05. The van der Waals surface area contributed by atoms with Gasteiger partial charge >= 0.3 is 0 Å². The Bertz CT molecular complexity index is 189. The molecule has 0 unspecified atom stereocenters. The summed E-state index contributed by atoms with van der Waals surface area (Å²) >= 11 is 1.50. The molecule has 0 amide bonds. The molecule has 0 aliphatic carbocycles. The maximum absolute atomic E-state index is 10.5. The summed E-state index contributed by atoms with van der Waals surface area (Å²) in [6.45, 7) is 1.59. The molecule has 1 aromatic heterocycles. The van der Waals surface area contributed by atoms with Gasteiger partial charge < -0.3 is 0 Å². The fraction of sp³-hybridized carbons (Fsp3) is 0.286. The van der Waals surface area contributed by atoms with Gasteiger partial charge in [0.15, 0.2) is 0 Å². The second-order valence-corrected chi connectivity index (χ2v) is 2.66. The molecule has 1 nitrogen and oxygen atoms in total. The highest BCUT2D eigenvalue weighted by molar-refractivity contribution is 7.07. The molecule has 0 N–H and O–H groups in total. The van der Waals surface area contributed by atoms with Crippen LogP contribution < -0.4 is 0 Å². The van der Waals surface area contributed by atoms with E-state index in [0.29, 0.717) is 6.42 Å². The fourth-order valence-electron chi connectivity index (χ4n) is 0.634. The number of hydrogen-bond donors (Lipinski definition) is 0. The van der Waals surface area contributed by atoms with Gasteiger partial charge in [-0.1, -0.05) is 0 Å². The number of thiophene rings is 1. The van der Waals surface area contributed by atoms with Crippen molar-refractivity contribution in [2.45, 2.75) is 13.3 Å². The maximum atomic E-state index is 10.5. The molecule has 0 aliphatic rings. The normalized spacial score (nSPS) is 9.44. The van der Waals surface area contributed by atoms with Crippen LogP contribution in [0.25, 0.3) is 0 Å². The Morgan fingerprint density at radius 1 is 1.89 bits per heavy atom. The van der Waals surface area contributed by atoms with Crippen molar-refractivity contribution >= 4 is 17.1 Å². The van der Waals surface area contributed by atoms with Crippen LogP contribution in [-0.2, 0) is 11.2 Å². The van der Waals surface area contributed by atoms with Crippen molar-refractivity contribution in [1.82, 2.24) is 0 Å². The zero-order chi connectivity index (χ0) is 6.69. The van der Waals surface area contributed by atoms with Crippen molar-refractivity contribution in [1.29, 1.82) is 0 Å². The minimum Gasteiger partial charge on any atom is -0.300 e. The Kier molecular flexibility index (Phi) is 2.01. The zero-order valence-electron chi connectivity index (χ0n) is 5.18. The van der Waals surface area contributed by atoms with E-state index in [1.807, 2.05) is 11.4 Å². The number of carbonyl (C=O) groups excluding carboxylic acids is 1. The van der Waals surface area contributed by atoms with E-state index in [1.54, 1.807) is 6.92 Å². The van der Waals surface area contributed by atoms with Gasteiger partial charge in [-0.15, -0.1) is 11.3 Å². The first-order valence-corrected chi connectivity index (χ1v) is 3.60. The van der Waals surface area contributed by atoms with E-state index >= 15 is 0 Å². The lowest BCUT2D eigenvalue weighted by Crippen LogP contribution is -1.93. The van der Waals surface area contributed by atoms with E-state index in [4.69, 9.17) is 0 Å². The van der Waals surface area contributed by atoms with Gasteiger partial charge in [0.1, 0.15) is 5.78 Å². The van der Waals surface area contributed by atoms with Crippen LogP contribution in [0.15, 0.2) is 11.4 Å². The first-order chi connectivity index (χ1) is 4.29. The molecule has 2 heteroatoms. The lowest BCUT2D eigenvalue weighted by molar-refractivity contribution is -0.116. The van der Waals surface area contributed by atoms with E-state index in [0.717, 1.165) is 5.56 Å². The van der Waals surface area contributed by atoms with Gasteiger partial charge in [0.25, 0.3) is 0 Å². The standard InChI is InChI=1S/C7H7OS/c1-6(8)4-7-2-3-9-5-7/h2,5H,4H2,1H3. The van der Waals surface area contributed by atoms with Crippen LogP contribution in [0.1, 0.15) is 12.5 Å². The van der Waals surface area contributed by atoms with Crippen LogP contribution >= 0.6 is 11.3 Å². The number of hydrogen-bond acceptors (Lipinski definition) is 2. The fourth-order valence-corrected chi connectivity index (χ4v) is 1.22. The van der Waals surface area contributed by atoms with Crippen LogP contribution in [-0.4, -0.2) is 5.78 Å². The minimum absolute atomic E-state index is 0.210. The molecule has 9 heavy (non-hydrogen) atoms. The Balaban J connectivity index is 2.58. The highest BCUT2D eigenvalue weighted by atomic mass is 32.1. The van der Waals surface area contributed by atoms with Crippen LogP contribution in [0, 0.1) is 5.38 Å². The molecule has 0 bridgehead atoms. The third kappa shape index (κ3) is 1.98. The lowest BCUT2D eigenvalue weighted by Gasteiger charge is -1.86. The summed E-state index contributed by atoms with van der Waals surface area (Å²) < 4.78 is 0. The molecule has 0 saturated heterocycles. The molecule has 0 atom stereocenters. The second-order valence-electron chi connectivity index (χ2n) is 1.95. The summed E-state index contributed by atoms with van der Waals surface area (Å²) in [6.07, 6.45) is 0.556. The van der Waals surface area contributed by atoms with Crippen LogP contribution in [0.5, 0.6) is 0 Å². The predicted molar refractivity (Wildman–Crippen MR) is 37.5 cm³/mol. The monoisotopic (exact) mass is 139 g/mol. The number of ketones is 1. The smallest absolute Gasteiger partial charge is 0.134 e. The minimum atomic E-state index is 0.210. The van der Waals surface area contributed by atoms with Gasteiger partial charge in [-0.25, -0.2) is 0 Å². The van der Waals surface area contributed by atoms with Crippen LogP contribution in [0.4, 0.5) is 0 Å². The topological polar surface area (TPSA) is 17.1 Å². The molecule has 1 heterocycles. The Morgan fingerprint density at radius 2 is 2.67 bits per heavy atom. The largest absolute Gasteiger partial charge is 0.300 e. The summed E-state index contributed by atoms with van der Waals surface area (Å²) in [5.74, 6) is 0.210. The maximum Gasteiger partial charge on any atom is 0.134 e. The van der Waals surface area contributed by atoms with Gasteiger partial charge in [0.2, 0.25) is 0 Å². The summed E-state index contributed by atoms with van der Waals surface area (Å²) in [5.41, 5.74) is 1.08. The second kappa shape index (κ2) is 2.78. The molecule has 1 aromatic rings. The van der Waals surface area contributed by atoms with Crippen LogP contribution in [0.2, 0.25) is 0 Å². The number of carbonyl (C=O) groups is 1. The molecule has 1 radical (unpaired) electrons. The van der Waals surface area contributed by atoms with Crippen molar-refractivity contribution in [3.63, 3.8) is 0 Å². The summed E-state index contributed by atoms with van der Waals surface area (Å²) in [6, 6.07) is 1.85. The predicted octanol–water partition coefficient (Wildman–Crippen LogP) is 1.68. The van der Waals surface area contributed by atoms with Crippen molar-refractivity contribution < 1.29 is 4.79 Å². The van der Waals surface area contributed by atoms with E-state index in [2.05, 4.69) is 5.38 Å². The van der Waals surface area contributed by atoms with E-state index in [9.17, 15) is 4.79 Å². The summed E-state index contributed by atoms with van der Waals surface area (Å²) in [4.78, 5) is 10.5. The first kappa shape index (κ1) is 6.49. The molecular formula is C7H7OS. The van der Waals surface area contributed by atoms with Gasteiger partial charge in [-0.3, -0.25) is 4.79 Å². The van der Waals surface area contributed by atoms with Crippen molar-refractivity contribution in [2.24, 2.45) is 0 Å². The Morgan fingerprint density at radius 3 is 3.11 bits per heavy atom. The van der Waals surface area contributed by atoms with E-state index in [-0.39, 0.29) is 5.78 Å². The average molecular weight is 139 g/mol. The van der Waals surface area contributed by atoms with Crippen LogP contribution in [0.3, 0.4) is 0 Å². The molecule has 0 saturated carbocycles. The first-order valence-electron chi connectivity index (χ1n) is 2.72. The summed E-state index contributed by atoms with van der Waals surface area (Å²) in [5, 5.41) is 4.87. The molecule has 1 rings (SSSR count). The third-order valence-electron chi connectivity index (χ3n) is 0.976. The van der Waals surface area contributed by atoms with Crippen molar-refractivity contribution in [3.8, 4) is 0 Å². The number of rotatable bonds is 2. The quantitative estimate of drug-likeness (QED) is 0.609. The molecule has 0 aromatic carbocycles. The molecule has 0 fully saturated rings.